The highest BCUT2D eigenvalue weighted by atomic mass is 32.2. The summed E-state index contributed by atoms with van der Waals surface area (Å²) in [6, 6.07) is 0. The van der Waals surface area contributed by atoms with E-state index in [0.717, 1.165) is 0 Å². The predicted molar refractivity (Wildman–Crippen MR) is 161 cm³/mol. The number of alkyl halides is 3. The molecule has 0 amide bonds. The van der Waals surface area contributed by atoms with Crippen LogP contribution < -0.4 is 19.6 Å². The Morgan fingerprint density at radius 1 is 0.733 bits per heavy atom. The highest BCUT2D eigenvalue weighted by Crippen LogP contribution is 2.42. The van der Waals surface area contributed by atoms with Gasteiger partial charge in [-0.15, -0.1) is 0 Å². The number of aliphatic hydroxyl groups is 1. The normalized spacial score (nSPS) is 17.9. The van der Waals surface area contributed by atoms with Gasteiger partial charge in [0.2, 0.25) is 11.9 Å². The van der Waals surface area contributed by atoms with Gasteiger partial charge in [0.15, 0.2) is 27.1 Å². The van der Waals surface area contributed by atoms with Crippen molar-refractivity contribution in [1.29, 1.82) is 0 Å². The summed E-state index contributed by atoms with van der Waals surface area (Å²) in [4.78, 5) is 25.8. The number of anilines is 4. The molecule has 0 aliphatic carbocycles. The minimum atomic E-state index is -4.85. The summed E-state index contributed by atoms with van der Waals surface area (Å²) in [5.74, 6) is 0.589. The van der Waals surface area contributed by atoms with Crippen molar-refractivity contribution in [2.75, 3.05) is 138 Å². The van der Waals surface area contributed by atoms with Crippen LogP contribution in [-0.2, 0) is 28.8 Å². The predicted octanol–water partition coefficient (Wildman–Crippen LogP) is -0.0336. The first-order valence-corrected chi connectivity index (χ1v) is 16.2. The summed E-state index contributed by atoms with van der Waals surface area (Å²) in [6.07, 6.45) is -4.85. The van der Waals surface area contributed by atoms with Crippen LogP contribution in [0.5, 0.6) is 0 Å². The van der Waals surface area contributed by atoms with Gasteiger partial charge >= 0.3 is 6.18 Å². The summed E-state index contributed by atoms with van der Waals surface area (Å²) in [6.45, 7) is 1.42. The van der Waals surface area contributed by atoms with Crippen LogP contribution in [0.4, 0.5) is 36.7 Å². The van der Waals surface area contributed by atoms with Gasteiger partial charge in [0.05, 0.1) is 51.0 Å². The van der Waals surface area contributed by atoms with Crippen LogP contribution in [0.15, 0.2) is 0 Å². The third-order valence-electron chi connectivity index (χ3n) is 7.69. The van der Waals surface area contributed by atoms with Crippen LogP contribution in [0.1, 0.15) is 0 Å². The molecule has 19 heteroatoms. The Hall–Kier alpha value is -2.84. The number of rotatable bonds is 16. The molecule has 1 N–H and O–H groups in total. The topological polar surface area (TPSA) is 156 Å². The van der Waals surface area contributed by atoms with Crippen molar-refractivity contribution in [2.45, 2.75) is 11.8 Å². The number of hydrogen-bond acceptors (Lipinski definition) is 15. The van der Waals surface area contributed by atoms with Crippen molar-refractivity contribution >= 4 is 44.4 Å². The second-order valence-corrected chi connectivity index (χ2v) is 13.2. The van der Waals surface area contributed by atoms with Gasteiger partial charge in [0.25, 0.3) is 0 Å². The molecule has 0 atom stereocenters. The van der Waals surface area contributed by atoms with Gasteiger partial charge in [0, 0.05) is 67.7 Å². The number of β-amino-alcohol motifs (C(OH)–C–C–N with tert-alkyl or cyclic N) is 1. The summed E-state index contributed by atoms with van der Waals surface area (Å²) >= 11 is 0. The largest absolute Gasteiger partial charge is 0.420 e. The van der Waals surface area contributed by atoms with E-state index in [2.05, 4.69) is 4.98 Å². The van der Waals surface area contributed by atoms with Crippen LogP contribution in [-0.4, -0.2) is 164 Å². The number of halogens is 3. The number of ether oxygens (including phenoxy) is 4. The number of sulfone groups is 1. The molecule has 15 nitrogen and oxygen atoms in total. The Labute approximate surface area is 260 Å². The Bertz CT molecular complexity index is 1370. The van der Waals surface area contributed by atoms with Crippen molar-refractivity contribution in [3.05, 3.63) is 0 Å². The first kappa shape index (κ1) is 35.0. The van der Waals surface area contributed by atoms with Gasteiger partial charge in [-0.3, -0.25) is 0 Å². The van der Waals surface area contributed by atoms with E-state index in [0.29, 0.717) is 58.4 Å². The van der Waals surface area contributed by atoms with Crippen molar-refractivity contribution in [3.8, 4) is 0 Å². The quantitative estimate of drug-likeness (QED) is 0.255. The Morgan fingerprint density at radius 3 is 1.47 bits per heavy atom. The molecule has 2 saturated heterocycles. The molecule has 0 radical (unpaired) electrons. The first-order valence-electron chi connectivity index (χ1n) is 14.4. The summed E-state index contributed by atoms with van der Waals surface area (Å²) < 4.78 is 86.8. The van der Waals surface area contributed by atoms with Crippen LogP contribution >= 0.6 is 0 Å². The molecule has 4 rings (SSSR count). The van der Waals surface area contributed by atoms with Crippen LogP contribution in [0.3, 0.4) is 0 Å². The van der Waals surface area contributed by atoms with E-state index in [9.17, 15) is 26.7 Å². The van der Waals surface area contributed by atoms with E-state index >= 15 is 0 Å². The summed E-state index contributed by atoms with van der Waals surface area (Å²) in [5, 5.41) is 10.3. The number of nitrogens with zero attached hydrogens (tertiary/aromatic N) is 8. The van der Waals surface area contributed by atoms with E-state index in [-0.39, 0.29) is 53.3 Å². The lowest BCUT2D eigenvalue weighted by molar-refractivity contribution is -0.267. The molecular formula is C26H41F3N8O7S. The minimum Gasteiger partial charge on any atom is -0.383 e. The second-order valence-electron chi connectivity index (χ2n) is 10.9. The van der Waals surface area contributed by atoms with Crippen LogP contribution in [0.2, 0.25) is 0 Å². The maximum atomic E-state index is 13.7. The molecule has 0 bridgehead atoms. The Kier molecular flexibility index (Phi) is 11.5. The third-order valence-corrected chi connectivity index (χ3v) is 9.30. The highest BCUT2D eigenvalue weighted by molar-refractivity contribution is 7.91. The third kappa shape index (κ3) is 8.12. The monoisotopic (exact) mass is 666 g/mol. The zero-order valence-corrected chi connectivity index (χ0v) is 26.7. The number of hydrogen-bond donors (Lipinski definition) is 1. The molecule has 254 valence electrons. The van der Waals surface area contributed by atoms with Gasteiger partial charge in [-0.05, 0) is 0 Å². The molecular weight excluding hydrogens is 625 g/mol. The van der Waals surface area contributed by atoms with Gasteiger partial charge in [0.1, 0.15) is 11.0 Å². The zero-order valence-electron chi connectivity index (χ0n) is 25.9. The fraction of sp³-hybridized carbons (Fsp3) is 0.769. The lowest BCUT2D eigenvalue weighted by Crippen LogP contribution is -2.69. The van der Waals surface area contributed by atoms with Crippen LogP contribution in [0, 0.1) is 0 Å². The van der Waals surface area contributed by atoms with Crippen molar-refractivity contribution in [2.24, 2.45) is 0 Å². The molecule has 0 aromatic carbocycles. The molecule has 2 aromatic heterocycles. The van der Waals surface area contributed by atoms with E-state index in [1.54, 1.807) is 28.9 Å². The molecule has 0 spiro atoms. The maximum absolute atomic E-state index is 13.7. The molecule has 45 heavy (non-hydrogen) atoms. The van der Waals surface area contributed by atoms with Gasteiger partial charge in [-0.25, -0.2) is 18.4 Å². The average molecular weight is 667 g/mol. The fourth-order valence-electron chi connectivity index (χ4n) is 4.95. The lowest BCUT2D eigenvalue weighted by atomic mass is 9.93. The fourth-order valence-corrected chi connectivity index (χ4v) is 6.16. The molecule has 0 saturated carbocycles. The summed E-state index contributed by atoms with van der Waals surface area (Å²) in [7, 11) is 2.92. The molecule has 2 aliphatic rings. The number of aromatic nitrogens is 4. The van der Waals surface area contributed by atoms with Crippen LogP contribution in [0.25, 0.3) is 11.0 Å². The second kappa shape index (κ2) is 14.7. The van der Waals surface area contributed by atoms with Gasteiger partial charge in [-0.1, -0.05) is 0 Å². The maximum Gasteiger partial charge on any atom is 0.420 e. The smallest absolute Gasteiger partial charge is 0.383 e. The Morgan fingerprint density at radius 2 is 1.11 bits per heavy atom. The minimum absolute atomic E-state index is 0.0803. The van der Waals surface area contributed by atoms with E-state index in [1.807, 2.05) is 0 Å². The molecule has 2 aromatic rings. The first-order chi connectivity index (χ1) is 21.4. The average Bonchev–Trinajstić information content (AvgIpc) is 2.98. The number of fused-ring (bicyclic) bond motifs is 1. The van der Waals surface area contributed by atoms with Gasteiger partial charge in [-0.2, -0.15) is 23.1 Å². The molecule has 4 heterocycles. The SMILES string of the molecule is COCCN(CCOC)c1nc(N2CC(O)(C(F)(F)F)C2)c2nc(N(CCOC)CCOC)nc(N3CCS(=O)(=O)CC3)c2n1. The van der Waals surface area contributed by atoms with Crippen molar-refractivity contribution in [1.82, 2.24) is 19.9 Å². The molecule has 0 unspecified atom stereocenters. The molecule has 2 fully saturated rings. The van der Waals surface area contributed by atoms with Crippen molar-refractivity contribution < 1.29 is 45.6 Å². The zero-order chi connectivity index (χ0) is 32.8. The molecule has 2 aliphatic heterocycles. The van der Waals surface area contributed by atoms with E-state index in [4.69, 9.17) is 33.9 Å². The number of methoxy groups -OCH3 is 4. The van der Waals surface area contributed by atoms with Gasteiger partial charge < -0.3 is 43.7 Å². The van der Waals surface area contributed by atoms with Crippen molar-refractivity contribution in [3.63, 3.8) is 0 Å². The summed E-state index contributed by atoms with van der Waals surface area (Å²) in [5.41, 5.74) is -2.52. The standard InChI is InChI=1S/C26H41F3N8O7S/c1-41-11-5-35(6-12-42-2)23-31-20-19(21(32-23)34-9-15-45(39,40)16-10-34)30-24(36(7-13-43-3)8-14-44-4)33-22(20)37-17-25(38,18-37)26(27,28)29/h38H,5-18H2,1-4H3. The highest BCUT2D eigenvalue weighted by Gasteiger charge is 2.61. The lowest BCUT2D eigenvalue weighted by Gasteiger charge is -2.47. The Balaban J connectivity index is 1.94. The van der Waals surface area contributed by atoms with E-state index in [1.165, 1.54) is 19.1 Å². The van der Waals surface area contributed by atoms with E-state index < -0.39 is 34.7 Å².